The molecule has 4 heteroatoms. The summed E-state index contributed by atoms with van der Waals surface area (Å²) in [4.78, 5) is 17.0. The van der Waals surface area contributed by atoms with Gasteiger partial charge in [0.25, 0.3) is 0 Å². The molecule has 0 unspecified atom stereocenters. The summed E-state index contributed by atoms with van der Waals surface area (Å²) in [6, 6.07) is 16.0. The van der Waals surface area contributed by atoms with Gasteiger partial charge < -0.3 is 14.6 Å². The average Bonchev–Trinajstić information content (AvgIpc) is 3.12. The lowest BCUT2D eigenvalue weighted by Gasteiger charge is -2.28. The van der Waals surface area contributed by atoms with Gasteiger partial charge in [0, 0.05) is 35.9 Å². The van der Waals surface area contributed by atoms with E-state index in [0.717, 1.165) is 48.3 Å². The molecule has 0 amide bonds. The highest BCUT2D eigenvalue weighted by molar-refractivity contribution is 5.98. The number of hydrogen-bond donors (Lipinski definition) is 1. The van der Waals surface area contributed by atoms with Gasteiger partial charge in [-0.25, -0.2) is 4.79 Å². The van der Waals surface area contributed by atoms with E-state index in [9.17, 15) is 4.79 Å². The number of rotatable bonds is 4. The number of aromatic amines is 1. The molecule has 1 aliphatic rings. The maximum atomic E-state index is 11.3. The van der Waals surface area contributed by atoms with Crippen LogP contribution in [0.5, 0.6) is 0 Å². The monoisotopic (exact) mass is 344 g/mol. The highest BCUT2D eigenvalue weighted by Gasteiger charge is 2.12. The molecule has 4 nitrogen and oxygen atoms in total. The zero-order valence-corrected chi connectivity index (χ0v) is 14.4. The summed E-state index contributed by atoms with van der Waals surface area (Å²) in [6.07, 6.45) is 5.76. The Morgan fingerprint density at radius 2 is 1.92 bits per heavy atom. The van der Waals surface area contributed by atoms with E-state index in [-0.39, 0.29) is 0 Å². The lowest BCUT2D eigenvalue weighted by atomic mass is 10.1. The number of hydrogen-bond acceptors (Lipinski definition) is 3. The van der Waals surface area contributed by atoms with Crippen LogP contribution in [0.4, 0.5) is 5.69 Å². The second-order valence-corrected chi connectivity index (χ2v) is 6.29. The van der Waals surface area contributed by atoms with E-state index in [0.29, 0.717) is 5.57 Å². The first kappa shape index (κ1) is 16.4. The third-order valence-electron chi connectivity index (χ3n) is 4.70. The van der Waals surface area contributed by atoms with Crippen molar-refractivity contribution in [1.82, 2.24) is 4.98 Å². The third-order valence-corrected chi connectivity index (χ3v) is 4.70. The fraction of sp³-hybridized carbons (Fsp3) is 0.182. The number of morpholine rings is 1. The summed E-state index contributed by atoms with van der Waals surface area (Å²) in [7, 11) is 0. The Morgan fingerprint density at radius 1 is 1.12 bits per heavy atom. The fourth-order valence-corrected chi connectivity index (χ4v) is 3.27. The van der Waals surface area contributed by atoms with E-state index in [2.05, 4.69) is 28.1 Å². The minimum absolute atomic E-state index is 0.546. The van der Waals surface area contributed by atoms with Crippen molar-refractivity contribution in [3.05, 3.63) is 71.9 Å². The van der Waals surface area contributed by atoms with Crippen LogP contribution in [-0.4, -0.2) is 37.2 Å². The molecule has 1 saturated heterocycles. The maximum Gasteiger partial charge on any atom is 0.133 e. The van der Waals surface area contributed by atoms with Crippen molar-refractivity contribution in [2.75, 3.05) is 31.2 Å². The van der Waals surface area contributed by atoms with E-state index < -0.39 is 0 Å². The molecular formula is C22H20N2O2. The Kier molecular flexibility index (Phi) is 4.69. The van der Waals surface area contributed by atoms with E-state index in [1.807, 2.05) is 54.6 Å². The molecule has 26 heavy (non-hydrogen) atoms. The number of allylic oxidation sites excluding steroid dienone is 2. The predicted molar refractivity (Wildman–Crippen MR) is 106 cm³/mol. The summed E-state index contributed by atoms with van der Waals surface area (Å²) >= 11 is 0. The van der Waals surface area contributed by atoms with Gasteiger partial charge in [-0.2, -0.15) is 0 Å². The topological polar surface area (TPSA) is 45.3 Å². The van der Waals surface area contributed by atoms with Crippen molar-refractivity contribution in [1.29, 1.82) is 0 Å². The number of fused-ring (bicyclic) bond motifs is 1. The number of nitrogens with one attached hydrogen (secondary N) is 1. The molecule has 130 valence electrons. The maximum absolute atomic E-state index is 11.3. The summed E-state index contributed by atoms with van der Waals surface area (Å²) in [5, 5.41) is 1.14. The molecule has 2 heterocycles. The number of anilines is 1. The molecular weight excluding hydrogens is 324 g/mol. The van der Waals surface area contributed by atoms with Crippen molar-refractivity contribution in [3.63, 3.8) is 0 Å². The smallest absolute Gasteiger partial charge is 0.133 e. The number of aromatic nitrogens is 1. The number of H-pyrrole nitrogens is 1. The van der Waals surface area contributed by atoms with Gasteiger partial charge in [-0.3, -0.25) is 0 Å². The zero-order valence-electron chi connectivity index (χ0n) is 14.4. The van der Waals surface area contributed by atoms with Crippen molar-refractivity contribution in [2.24, 2.45) is 0 Å². The Balaban J connectivity index is 1.65. The number of benzene rings is 2. The number of ether oxygens (including phenoxy) is 1. The van der Waals surface area contributed by atoms with Gasteiger partial charge in [-0.1, -0.05) is 36.4 Å². The van der Waals surface area contributed by atoms with Gasteiger partial charge in [0.15, 0.2) is 0 Å². The van der Waals surface area contributed by atoms with Crippen LogP contribution in [0.3, 0.4) is 0 Å². The molecule has 0 bridgehead atoms. The number of nitrogens with zero attached hydrogens (tertiary/aromatic N) is 1. The second-order valence-electron chi connectivity index (χ2n) is 6.29. The minimum Gasteiger partial charge on any atom is -0.378 e. The molecule has 0 aliphatic carbocycles. The molecule has 1 fully saturated rings. The SMILES string of the molecule is O=C=C(/C=C/c1c[nH]c2ccc(N3CCOCC3)cc12)c1ccccc1. The van der Waals surface area contributed by atoms with Crippen LogP contribution >= 0.6 is 0 Å². The van der Waals surface area contributed by atoms with Gasteiger partial charge in [0.05, 0.1) is 18.8 Å². The van der Waals surface area contributed by atoms with Gasteiger partial charge in [-0.15, -0.1) is 0 Å². The Bertz CT molecular complexity index is 976. The summed E-state index contributed by atoms with van der Waals surface area (Å²) in [6.45, 7) is 3.35. The molecule has 2 aromatic carbocycles. The van der Waals surface area contributed by atoms with E-state index in [4.69, 9.17) is 4.74 Å². The molecule has 1 aliphatic heterocycles. The highest BCUT2D eigenvalue weighted by Crippen LogP contribution is 2.27. The standard InChI is InChI=1S/C22H20N2O2/c25-16-19(17-4-2-1-3-5-17)7-6-18-15-23-22-9-8-20(14-21(18)22)24-10-12-26-13-11-24/h1-9,14-15,23H,10-13H2/b7-6+. The Hall–Kier alpha value is -3.07. The molecule has 0 spiro atoms. The van der Waals surface area contributed by atoms with E-state index in [1.54, 1.807) is 0 Å². The first-order valence-electron chi connectivity index (χ1n) is 8.77. The fourth-order valence-electron chi connectivity index (χ4n) is 3.27. The normalized spacial score (nSPS) is 14.7. The highest BCUT2D eigenvalue weighted by atomic mass is 16.5. The van der Waals surface area contributed by atoms with Gasteiger partial charge in [0.2, 0.25) is 0 Å². The number of carbonyl (C=O) groups excluding carboxylic acids is 1. The first-order valence-corrected chi connectivity index (χ1v) is 8.77. The zero-order chi connectivity index (χ0) is 17.8. The first-order chi connectivity index (χ1) is 12.8. The average molecular weight is 344 g/mol. The van der Waals surface area contributed by atoms with Crippen LogP contribution in [0.15, 0.2) is 60.8 Å². The molecule has 0 radical (unpaired) electrons. The Morgan fingerprint density at radius 3 is 2.69 bits per heavy atom. The van der Waals surface area contributed by atoms with Crippen LogP contribution in [-0.2, 0) is 9.53 Å². The summed E-state index contributed by atoms with van der Waals surface area (Å²) < 4.78 is 5.44. The van der Waals surface area contributed by atoms with Crippen LogP contribution in [0.2, 0.25) is 0 Å². The molecule has 0 saturated carbocycles. The lowest BCUT2D eigenvalue weighted by molar-refractivity contribution is 0.122. The third kappa shape index (κ3) is 3.33. The molecule has 4 rings (SSSR count). The van der Waals surface area contributed by atoms with E-state index in [1.165, 1.54) is 5.69 Å². The van der Waals surface area contributed by atoms with Crippen molar-refractivity contribution in [3.8, 4) is 0 Å². The Labute approximate surface area is 152 Å². The quantitative estimate of drug-likeness (QED) is 0.576. The van der Waals surface area contributed by atoms with E-state index >= 15 is 0 Å². The molecule has 3 aromatic rings. The van der Waals surface area contributed by atoms with Crippen molar-refractivity contribution in [2.45, 2.75) is 0 Å². The second kappa shape index (κ2) is 7.44. The van der Waals surface area contributed by atoms with Crippen LogP contribution < -0.4 is 4.90 Å². The molecule has 1 aromatic heterocycles. The van der Waals surface area contributed by atoms with Gasteiger partial charge >= 0.3 is 0 Å². The minimum atomic E-state index is 0.546. The van der Waals surface area contributed by atoms with Crippen LogP contribution in [0, 0.1) is 0 Å². The lowest BCUT2D eigenvalue weighted by Crippen LogP contribution is -2.36. The van der Waals surface area contributed by atoms with Crippen LogP contribution in [0.25, 0.3) is 22.6 Å². The molecule has 0 atom stereocenters. The van der Waals surface area contributed by atoms with Crippen LogP contribution in [0.1, 0.15) is 11.1 Å². The van der Waals surface area contributed by atoms with Gasteiger partial charge in [0.1, 0.15) is 5.94 Å². The summed E-state index contributed by atoms with van der Waals surface area (Å²) in [5.74, 6) is 2.04. The van der Waals surface area contributed by atoms with Crippen molar-refractivity contribution >= 4 is 34.2 Å². The predicted octanol–water partition coefficient (Wildman–Crippen LogP) is 3.93. The van der Waals surface area contributed by atoms with Gasteiger partial charge in [-0.05, 0) is 35.4 Å². The molecule has 1 N–H and O–H groups in total. The largest absolute Gasteiger partial charge is 0.378 e. The van der Waals surface area contributed by atoms with Crippen molar-refractivity contribution < 1.29 is 9.53 Å². The summed E-state index contributed by atoms with van der Waals surface area (Å²) in [5.41, 5.74) is 4.75.